The van der Waals surface area contributed by atoms with E-state index in [0.29, 0.717) is 13.1 Å². The van der Waals surface area contributed by atoms with Crippen LogP contribution in [0.25, 0.3) is 0 Å². The van der Waals surface area contributed by atoms with Crippen LogP contribution in [0.3, 0.4) is 0 Å². The largest absolute Gasteiger partial charge is 0.506 e. The molecule has 0 spiro atoms. The lowest BCUT2D eigenvalue weighted by molar-refractivity contribution is 0.0513. The van der Waals surface area contributed by atoms with Gasteiger partial charge in [-0.1, -0.05) is 0 Å². The van der Waals surface area contributed by atoms with Crippen molar-refractivity contribution in [3.63, 3.8) is 0 Å². The monoisotopic (exact) mass is 295 g/mol. The van der Waals surface area contributed by atoms with Gasteiger partial charge in [-0.3, -0.25) is 4.98 Å². The van der Waals surface area contributed by atoms with Crippen LogP contribution in [0.5, 0.6) is 5.75 Å². The van der Waals surface area contributed by atoms with Gasteiger partial charge in [-0.15, -0.1) is 0 Å². The van der Waals surface area contributed by atoms with Gasteiger partial charge in [0.25, 0.3) is 0 Å². The van der Waals surface area contributed by atoms with E-state index >= 15 is 0 Å². The van der Waals surface area contributed by atoms with E-state index in [4.69, 9.17) is 4.74 Å². The molecule has 1 heterocycles. The minimum Gasteiger partial charge on any atom is -0.506 e. The second kappa shape index (κ2) is 6.76. The molecule has 0 bridgehead atoms. The summed E-state index contributed by atoms with van der Waals surface area (Å²) in [7, 11) is 0. The lowest BCUT2D eigenvalue weighted by Gasteiger charge is -2.27. The van der Waals surface area contributed by atoms with Crippen molar-refractivity contribution in [1.82, 2.24) is 15.6 Å². The van der Waals surface area contributed by atoms with Gasteiger partial charge in [-0.2, -0.15) is 0 Å². The van der Waals surface area contributed by atoms with Crippen molar-refractivity contribution in [2.45, 2.75) is 52.3 Å². The van der Waals surface area contributed by atoms with Gasteiger partial charge in [-0.25, -0.2) is 4.79 Å². The predicted molar refractivity (Wildman–Crippen MR) is 81.1 cm³/mol. The minimum atomic E-state index is -0.502. The first-order valence-corrected chi connectivity index (χ1v) is 6.93. The average Bonchev–Trinajstić information content (AvgIpc) is 2.34. The normalized spacial score (nSPS) is 12.0. The summed E-state index contributed by atoms with van der Waals surface area (Å²) in [5.41, 5.74) is 0.00630. The quantitative estimate of drug-likeness (QED) is 0.775. The number of ether oxygens (including phenoxy) is 1. The maximum absolute atomic E-state index is 11.6. The number of nitrogens with zero attached hydrogens (tertiary/aromatic N) is 1. The molecule has 0 saturated heterocycles. The van der Waals surface area contributed by atoms with Gasteiger partial charge in [0.2, 0.25) is 0 Å². The maximum atomic E-state index is 11.6. The first-order valence-electron chi connectivity index (χ1n) is 6.93. The van der Waals surface area contributed by atoms with Crippen molar-refractivity contribution in [3.05, 3.63) is 24.0 Å². The van der Waals surface area contributed by atoms with Gasteiger partial charge in [0.05, 0.1) is 11.9 Å². The van der Waals surface area contributed by atoms with Gasteiger partial charge >= 0.3 is 6.09 Å². The average molecular weight is 295 g/mol. The summed E-state index contributed by atoms with van der Waals surface area (Å²) in [6.45, 7) is 10.4. The summed E-state index contributed by atoms with van der Waals surface area (Å²) in [4.78, 5) is 15.7. The minimum absolute atomic E-state index is 0.143. The van der Waals surface area contributed by atoms with Crippen LogP contribution in [0.15, 0.2) is 18.3 Å². The lowest BCUT2D eigenvalue weighted by atomic mass is 10.1. The number of aromatic hydroxyl groups is 1. The Hall–Kier alpha value is -1.82. The number of nitrogens with one attached hydrogen (secondary N) is 2. The summed E-state index contributed by atoms with van der Waals surface area (Å²) >= 11 is 0. The number of pyridine rings is 1. The molecule has 6 nitrogen and oxygen atoms in total. The van der Waals surface area contributed by atoms with Crippen LogP contribution in [0.4, 0.5) is 4.79 Å². The van der Waals surface area contributed by atoms with E-state index in [1.54, 1.807) is 12.1 Å². The van der Waals surface area contributed by atoms with Crippen LogP contribution in [-0.2, 0) is 11.3 Å². The zero-order chi connectivity index (χ0) is 16.1. The fraction of sp³-hybridized carbons (Fsp3) is 0.600. The molecule has 0 radical (unpaired) electrons. The van der Waals surface area contributed by atoms with Crippen molar-refractivity contribution in [2.24, 2.45) is 0 Å². The lowest BCUT2D eigenvalue weighted by Crippen LogP contribution is -2.49. The number of rotatable bonds is 5. The number of alkyl carbamates (subject to hydrolysis) is 1. The molecule has 1 rings (SSSR count). The summed E-state index contributed by atoms with van der Waals surface area (Å²) in [5, 5.41) is 15.2. The first kappa shape index (κ1) is 17.2. The summed E-state index contributed by atoms with van der Waals surface area (Å²) in [6, 6.07) is 3.34. The zero-order valence-corrected chi connectivity index (χ0v) is 13.4. The topological polar surface area (TPSA) is 83.5 Å². The van der Waals surface area contributed by atoms with E-state index in [2.05, 4.69) is 15.6 Å². The molecule has 1 aromatic heterocycles. The molecule has 0 aliphatic carbocycles. The predicted octanol–water partition coefficient (Wildman–Crippen LogP) is 2.18. The van der Waals surface area contributed by atoms with Crippen LogP contribution < -0.4 is 10.6 Å². The SMILES string of the molecule is CC(C)(CNC(=O)OC(C)(C)C)NCc1ccc(O)cn1. The number of carbonyl (C=O) groups excluding carboxylic acids is 1. The first-order chi connectivity index (χ1) is 9.57. The standard InChI is InChI=1S/C15H25N3O3/c1-14(2,3)21-13(20)17-10-15(4,5)18-8-11-6-7-12(19)9-16-11/h6-7,9,18-19H,8,10H2,1-5H3,(H,17,20). The third kappa shape index (κ3) is 7.51. The third-order valence-corrected chi connectivity index (χ3v) is 2.63. The maximum Gasteiger partial charge on any atom is 0.407 e. The fourth-order valence-electron chi connectivity index (χ4n) is 1.52. The van der Waals surface area contributed by atoms with Gasteiger partial charge < -0.3 is 20.5 Å². The molecule has 0 fully saturated rings. The van der Waals surface area contributed by atoms with E-state index in [1.165, 1.54) is 6.20 Å². The van der Waals surface area contributed by atoms with E-state index in [0.717, 1.165) is 5.69 Å². The van der Waals surface area contributed by atoms with E-state index in [9.17, 15) is 9.90 Å². The summed E-state index contributed by atoms with van der Waals surface area (Å²) in [6.07, 6.45) is 0.975. The Morgan fingerprint density at radius 2 is 1.95 bits per heavy atom. The van der Waals surface area contributed by atoms with Gasteiger partial charge in [0.15, 0.2) is 0 Å². The molecule has 0 unspecified atom stereocenters. The number of carbonyl (C=O) groups is 1. The molecule has 0 aliphatic rings. The number of aromatic nitrogens is 1. The smallest absolute Gasteiger partial charge is 0.407 e. The molecule has 1 amide bonds. The van der Waals surface area contributed by atoms with Crippen LogP contribution >= 0.6 is 0 Å². The highest BCUT2D eigenvalue weighted by molar-refractivity contribution is 5.67. The molecular formula is C15H25N3O3. The van der Waals surface area contributed by atoms with Crippen molar-refractivity contribution >= 4 is 6.09 Å². The molecule has 0 atom stereocenters. The van der Waals surface area contributed by atoms with Gasteiger partial charge in [0.1, 0.15) is 11.4 Å². The summed E-state index contributed by atoms with van der Waals surface area (Å²) < 4.78 is 5.19. The molecule has 0 aromatic carbocycles. The Morgan fingerprint density at radius 1 is 1.29 bits per heavy atom. The Kier molecular flexibility index (Phi) is 5.54. The molecule has 118 valence electrons. The molecule has 21 heavy (non-hydrogen) atoms. The van der Waals surface area contributed by atoms with Crippen molar-refractivity contribution in [2.75, 3.05) is 6.54 Å². The Balaban J connectivity index is 2.39. The Morgan fingerprint density at radius 3 is 2.48 bits per heavy atom. The van der Waals surface area contributed by atoms with Crippen molar-refractivity contribution in [1.29, 1.82) is 0 Å². The van der Waals surface area contributed by atoms with Crippen LogP contribution in [0.1, 0.15) is 40.3 Å². The van der Waals surface area contributed by atoms with E-state index in [-0.39, 0.29) is 11.3 Å². The van der Waals surface area contributed by atoms with Crippen LogP contribution in [0.2, 0.25) is 0 Å². The molecular weight excluding hydrogens is 270 g/mol. The molecule has 1 aromatic rings. The number of hydrogen-bond donors (Lipinski definition) is 3. The highest BCUT2D eigenvalue weighted by atomic mass is 16.6. The molecule has 0 aliphatic heterocycles. The number of hydrogen-bond acceptors (Lipinski definition) is 5. The fourth-order valence-corrected chi connectivity index (χ4v) is 1.52. The Labute approximate surface area is 125 Å². The Bertz CT molecular complexity index is 464. The number of amides is 1. The van der Waals surface area contributed by atoms with E-state index < -0.39 is 11.7 Å². The van der Waals surface area contributed by atoms with Crippen molar-refractivity contribution < 1.29 is 14.6 Å². The van der Waals surface area contributed by atoms with Crippen LogP contribution in [0, 0.1) is 0 Å². The van der Waals surface area contributed by atoms with Crippen LogP contribution in [-0.4, -0.2) is 33.9 Å². The highest BCUT2D eigenvalue weighted by Crippen LogP contribution is 2.09. The van der Waals surface area contributed by atoms with Crippen molar-refractivity contribution in [3.8, 4) is 5.75 Å². The highest BCUT2D eigenvalue weighted by Gasteiger charge is 2.21. The van der Waals surface area contributed by atoms with E-state index in [1.807, 2.05) is 34.6 Å². The van der Waals surface area contributed by atoms with Gasteiger partial charge in [-0.05, 0) is 46.8 Å². The molecule has 6 heteroatoms. The zero-order valence-electron chi connectivity index (χ0n) is 13.4. The second-order valence-electron chi connectivity index (χ2n) is 6.60. The molecule has 0 saturated carbocycles. The van der Waals surface area contributed by atoms with Gasteiger partial charge in [0, 0.05) is 18.6 Å². The third-order valence-electron chi connectivity index (χ3n) is 2.63. The molecule has 3 N–H and O–H groups in total. The second-order valence-corrected chi connectivity index (χ2v) is 6.60. The summed E-state index contributed by atoms with van der Waals surface area (Å²) in [5.74, 6) is 0.143.